The van der Waals surface area contributed by atoms with E-state index in [9.17, 15) is 28.9 Å². The van der Waals surface area contributed by atoms with Crippen LogP contribution in [0.15, 0.2) is 85.1 Å². The largest absolute Gasteiger partial charge is 0.472 e. The molecule has 0 amide bonds. The molecule has 0 fully saturated rings. The number of aliphatic hydroxyl groups is 1. The van der Waals surface area contributed by atoms with Crippen LogP contribution >= 0.6 is 7.82 Å². The Bertz CT molecular complexity index is 1600. The van der Waals surface area contributed by atoms with Gasteiger partial charge in [0.2, 0.25) is 0 Å². The van der Waals surface area contributed by atoms with Crippen LogP contribution in [-0.4, -0.2) is 66.5 Å². The standard InChI is InChI=1S/C64H111O11P/c1-4-7-10-13-16-19-22-25-27-29-30-32-34-37-40-43-46-49-52-55-64(68)75-61(57-71-62(66)53-50-47-44-41-38-36-33-31-28-26-23-20-17-14-11-8-5-2)59-73-76(69,70)72-58-60(56-65)74-63(67)54-51-48-45-42-39-35-24-21-18-15-12-9-6-3/h7,9-10,12,16,18-19,21,25,27,30,32,35,39,60-61,65H,4-6,8,11,13-15,17,20,22-24,26,28-29,31,33-34,36-38,40-59H2,1-3H3,(H,69,70)/b10-7-,12-9-,19-16-,21-18-,27-25-,32-30-,39-35-. The van der Waals surface area contributed by atoms with E-state index in [4.69, 9.17) is 23.3 Å². The molecule has 3 atom stereocenters. The highest BCUT2D eigenvalue weighted by Crippen LogP contribution is 2.43. The molecular formula is C64H111O11P. The minimum atomic E-state index is -4.76. The average Bonchev–Trinajstić information content (AvgIpc) is 3.41. The van der Waals surface area contributed by atoms with Crippen molar-refractivity contribution in [2.24, 2.45) is 0 Å². The van der Waals surface area contributed by atoms with Crippen molar-refractivity contribution >= 4 is 25.7 Å². The molecule has 2 N–H and O–H groups in total. The lowest BCUT2D eigenvalue weighted by atomic mass is 10.0. The van der Waals surface area contributed by atoms with E-state index >= 15 is 0 Å². The molecule has 0 aliphatic rings. The van der Waals surface area contributed by atoms with E-state index in [-0.39, 0.29) is 25.9 Å². The van der Waals surface area contributed by atoms with Crippen LogP contribution in [0.5, 0.6) is 0 Å². The fraction of sp³-hybridized carbons (Fsp3) is 0.734. The second kappa shape index (κ2) is 57.8. The highest BCUT2D eigenvalue weighted by Gasteiger charge is 2.28. The summed E-state index contributed by atoms with van der Waals surface area (Å²) < 4.78 is 39.6. The van der Waals surface area contributed by atoms with Crippen molar-refractivity contribution in [1.29, 1.82) is 0 Å². The molecule has 0 aromatic heterocycles. The van der Waals surface area contributed by atoms with Crippen LogP contribution in [0.4, 0.5) is 0 Å². The maximum absolute atomic E-state index is 12.9. The molecular weight excluding hydrogens is 976 g/mol. The lowest BCUT2D eigenvalue weighted by Gasteiger charge is -2.21. The highest BCUT2D eigenvalue weighted by molar-refractivity contribution is 7.47. The molecule has 3 unspecified atom stereocenters. The highest BCUT2D eigenvalue weighted by atomic mass is 31.2. The third kappa shape index (κ3) is 55.4. The van der Waals surface area contributed by atoms with Gasteiger partial charge in [-0.25, -0.2) is 4.57 Å². The maximum Gasteiger partial charge on any atom is 0.472 e. The van der Waals surface area contributed by atoms with Crippen LogP contribution in [0.3, 0.4) is 0 Å². The average molecular weight is 1090 g/mol. The van der Waals surface area contributed by atoms with Gasteiger partial charge >= 0.3 is 25.7 Å². The third-order valence-electron chi connectivity index (χ3n) is 12.8. The lowest BCUT2D eigenvalue weighted by molar-refractivity contribution is -0.161. The van der Waals surface area contributed by atoms with Gasteiger partial charge in [0.25, 0.3) is 0 Å². The van der Waals surface area contributed by atoms with Crippen LogP contribution in [0.25, 0.3) is 0 Å². The lowest BCUT2D eigenvalue weighted by Crippen LogP contribution is -2.30. The molecule has 438 valence electrons. The number of aliphatic hydroxyl groups excluding tert-OH is 1. The van der Waals surface area contributed by atoms with Crippen molar-refractivity contribution in [3.05, 3.63) is 85.1 Å². The molecule has 76 heavy (non-hydrogen) atoms. The van der Waals surface area contributed by atoms with Crippen molar-refractivity contribution in [3.63, 3.8) is 0 Å². The normalized spacial score (nSPS) is 13.9. The quantitative estimate of drug-likeness (QED) is 0.0197. The smallest absolute Gasteiger partial charge is 0.462 e. The Morgan fingerprint density at radius 1 is 0.382 bits per heavy atom. The van der Waals surface area contributed by atoms with Gasteiger partial charge in [-0.1, -0.05) is 241 Å². The second-order valence-electron chi connectivity index (χ2n) is 20.1. The number of carbonyl (C=O) groups excluding carboxylic acids is 3. The van der Waals surface area contributed by atoms with Gasteiger partial charge in [0.1, 0.15) is 12.7 Å². The topological polar surface area (TPSA) is 155 Å². The van der Waals surface area contributed by atoms with Gasteiger partial charge in [0.05, 0.1) is 19.8 Å². The SMILES string of the molecule is CC/C=C\C/C=C\C/C=C\C/C=C\CCCCCCCCC(=O)OC(COC(=O)CCCCCCCCCCCCCCCCCCC)COP(=O)(O)OCC(CO)OC(=O)CCCCC/C=C\C/C=C\C/C=C\CC. The molecule has 0 aliphatic carbocycles. The summed E-state index contributed by atoms with van der Waals surface area (Å²) in [6.45, 7) is 4.39. The van der Waals surface area contributed by atoms with E-state index in [1.807, 2.05) is 0 Å². The molecule has 0 radical (unpaired) electrons. The first-order valence-corrected chi connectivity index (χ1v) is 32.0. The summed E-state index contributed by atoms with van der Waals surface area (Å²) in [6, 6.07) is 0. The molecule has 0 rings (SSSR count). The van der Waals surface area contributed by atoms with Crippen LogP contribution in [-0.2, 0) is 42.2 Å². The Morgan fingerprint density at radius 3 is 1.07 bits per heavy atom. The molecule has 0 heterocycles. The minimum Gasteiger partial charge on any atom is -0.462 e. The maximum atomic E-state index is 12.9. The number of phosphoric acid groups is 1. The molecule has 0 bridgehead atoms. The van der Waals surface area contributed by atoms with Crippen molar-refractivity contribution in [2.45, 2.75) is 277 Å². The molecule has 12 heteroatoms. The number of rotatable bonds is 56. The summed E-state index contributed by atoms with van der Waals surface area (Å²) in [5.41, 5.74) is 0. The fourth-order valence-corrected chi connectivity index (χ4v) is 9.03. The van der Waals surface area contributed by atoms with Gasteiger partial charge in [-0.15, -0.1) is 0 Å². The van der Waals surface area contributed by atoms with E-state index in [0.29, 0.717) is 19.3 Å². The van der Waals surface area contributed by atoms with Crippen molar-refractivity contribution in [3.8, 4) is 0 Å². The molecule has 0 spiro atoms. The van der Waals surface area contributed by atoms with Crippen LogP contribution in [0.1, 0.15) is 265 Å². The summed E-state index contributed by atoms with van der Waals surface area (Å²) in [5, 5.41) is 9.81. The van der Waals surface area contributed by atoms with E-state index in [1.54, 1.807) is 0 Å². The zero-order chi connectivity index (χ0) is 55.5. The molecule has 0 saturated carbocycles. The third-order valence-corrected chi connectivity index (χ3v) is 13.8. The number of unbranched alkanes of at least 4 members (excludes halogenated alkanes) is 25. The van der Waals surface area contributed by atoms with Crippen LogP contribution in [0.2, 0.25) is 0 Å². The molecule has 0 aromatic carbocycles. The Morgan fingerprint density at radius 2 is 0.684 bits per heavy atom. The van der Waals surface area contributed by atoms with Gasteiger partial charge in [-0.05, 0) is 89.9 Å². The molecule has 11 nitrogen and oxygen atoms in total. The fourth-order valence-electron chi connectivity index (χ4n) is 8.25. The predicted octanol–water partition coefficient (Wildman–Crippen LogP) is 18.3. The molecule has 0 aliphatic heterocycles. The van der Waals surface area contributed by atoms with Crippen molar-refractivity contribution in [2.75, 3.05) is 26.4 Å². The first-order valence-electron chi connectivity index (χ1n) is 30.5. The number of hydrogen-bond acceptors (Lipinski definition) is 10. The Balaban J connectivity index is 4.76. The number of esters is 3. The predicted molar refractivity (Wildman–Crippen MR) is 316 cm³/mol. The summed E-state index contributed by atoms with van der Waals surface area (Å²) in [7, 11) is -4.76. The second-order valence-corrected chi connectivity index (χ2v) is 21.6. The number of ether oxygens (including phenoxy) is 3. The van der Waals surface area contributed by atoms with E-state index < -0.39 is 57.8 Å². The van der Waals surface area contributed by atoms with E-state index in [1.165, 1.54) is 83.5 Å². The van der Waals surface area contributed by atoms with Gasteiger partial charge in [-0.2, -0.15) is 0 Å². The van der Waals surface area contributed by atoms with Gasteiger partial charge in [-0.3, -0.25) is 23.4 Å². The zero-order valence-corrected chi connectivity index (χ0v) is 49.3. The van der Waals surface area contributed by atoms with Crippen molar-refractivity contribution < 1.29 is 52.2 Å². The summed E-state index contributed by atoms with van der Waals surface area (Å²) in [5.74, 6) is -1.50. The number of hydrogen-bond donors (Lipinski definition) is 2. The number of carbonyl (C=O) groups is 3. The first kappa shape index (κ1) is 72.7. The minimum absolute atomic E-state index is 0.139. The summed E-state index contributed by atoms with van der Waals surface area (Å²) >= 11 is 0. The Kier molecular flexibility index (Phi) is 55.3. The van der Waals surface area contributed by atoms with Gasteiger partial charge < -0.3 is 24.2 Å². The Hall–Kier alpha value is -3.34. The zero-order valence-electron chi connectivity index (χ0n) is 48.5. The molecule has 0 aromatic rings. The van der Waals surface area contributed by atoms with Crippen molar-refractivity contribution in [1.82, 2.24) is 0 Å². The summed E-state index contributed by atoms with van der Waals surface area (Å²) in [6.07, 6.45) is 66.8. The number of phosphoric ester groups is 1. The van der Waals surface area contributed by atoms with Gasteiger partial charge in [0.15, 0.2) is 6.10 Å². The monoisotopic (exact) mass is 1090 g/mol. The van der Waals surface area contributed by atoms with Crippen LogP contribution < -0.4 is 0 Å². The van der Waals surface area contributed by atoms with Crippen LogP contribution in [0, 0.1) is 0 Å². The van der Waals surface area contributed by atoms with E-state index in [0.717, 1.165) is 122 Å². The summed E-state index contributed by atoms with van der Waals surface area (Å²) in [4.78, 5) is 48.6. The number of allylic oxidation sites excluding steroid dienone is 14. The Labute approximate surface area is 464 Å². The first-order chi connectivity index (χ1) is 37.2. The van der Waals surface area contributed by atoms with Gasteiger partial charge in [0, 0.05) is 19.3 Å². The molecule has 0 saturated heterocycles. The van der Waals surface area contributed by atoms with E-state index in [2.05, 4.69) is 106 Å².